The van der Waals surface area contributed by atoms with Gasteiger partial charge in [-0.2, -0.15) is 5.10 Å². The number of rotatable bonds is 5. The first-order valence-corrected chi connectivity index (χ1v) is 8.75. The van der Waals surface area contributed by atoms with Gasteiger partial charge in [0.05, 0.1) is 32.7 Å². The largest absolute Gasteiger partial charge is 0.398 e. The molecule has 0 bridgehead atoms. The van der Waals surface area contributed by atoms with Crippen LogP contribution >= 0.6 is 11.6 Å². The van der Waals surface area contributed by atoms with Gasteiger partial charge in [0.25, 0.3) is 0 Å². The van der Waals surface area contributed by atoms with E-state index in [9.17, 15) is 8.42 Å². The number of nitrogens with zero attached hydrogens (tertiary/aromatic N) is 2. The van der Waals surface area contributed by atoms with Crippen molar-refractivity contribution < 1.29 is 8.42 Å². The molecule has 21 heavy (non-hydrogen) atoms. The molecule has 2 rings (SSSR count). The normalized spacial score (nSPS) is 11.8. The number of para-hydroxylation sites is 1. The minimum Gasteiger partial charge on any atom is -0.398 e. The Hall–Kier alpha value is -1.53. The van der Waals surface area contributed by atoms with Gasteiger partial charge in [-0.3, -0.25) is 4.68 Å². The molecular formula is C14H18ClN3O2S. The summed E-state index contributed by atoms with van der Waals surface area (Å²) in [6.07, 6.45) is 0.659. The molecule has 1 aromatic heterocycles. The zero-order valence-electron chi connectivity index (χ0n) is 12.0. The molecule has 0 saturated heterocycles. The molecule has 0 saturated carbocycles. The lowest BCUT2D eigenvalue weighted by Crippen LogP contribution is -2.12. The number of anilines is 1. The van der Waals surface area contributed by atoms with Gasteiger partial charge in [0, 0.05) is 6.54 Å². The van der Waals surface area contributed by atoms with E-state index in [0.29, 0.717) is 29.4 Å². The Morgan fingerprint density at radius 3 is 2.52 bits per heavy atom. The van der Waals surface area contributed by atoms with Crippen molar-refractivity contribution in [2.45, 2.75) is 37.5 Å². The summed E-state index contributed by atoms with van der Waals surface area (Å²) in [6, 6.07) is 6.43. The predicted molar refractivity (Wildman–Crippen MR) is 84.0 cm³/mol. The van der Waals surface area contributed by atoms with E-state index in [1.54, 1.807) is 22.9 Å². The summed E-state index contributed by atoms with van der Waals surface area (Å²) in [5.74, 6) is -0.207. The van der Waals surface area contributed by atoms with E-state index < -0.39 is 9.84 Å². The highest BCUT2D eigenvalue weighted by Gasteiger charge is 2.24. The van der Waals surface area contributed by atoms with Gasteiger partial charge in [-0.1, -0.05) is 30.7 Å². The third-order valence-electron chi connectivity index (χ3n) is 3.27. The van der Waals surface area contributed by atoms with E-state index in [-0.39, 0.29) is 16.3 Å². The molecule has 0 unspecified atom stereocenters. The Kier molecular flexibility index (Phi) is 4.58. The lowest BCUT2D eigenvalue weighted by atomic mass is 10.3. The Morgan fingerprint density at radius 2 is 1.95 bits per heavy atom. The first-order valence-electron chi connectivity index (χ1n) is 6.72. The van der Waals surface area contributed by atoms with Crippen LogP contribution in [0.5, 0.6) is 0 Å². The molecule has 0 aliphatic heterocycles. The second-order valence-corrected chi connectivity index (χ2v) is 7.01. The Morgan fingerprint density at radius 1 is 1.29 bits per heavy atom. The van der Waals surface area contributed by atoms with Crippen molar-refractivity contribution in [1.82, 2.24) is 9.78 Å². The van der Waals surface area contributed by atoms with E-state index in [1.165, 1.54) is 6.07 Å². The highest BCUT2D eigenvalue weighted by molar-refractivity contribution is 7.90. The van der Waals surface area contributed by atoms with Crippen molar-refractivity contribution in [2.24, 2.45) is 0 Å². The first kappa shape index (κ1) is 15.9. The molecule has 2 aromatic rings. The number of hydrogen-bond donors (Lipinski definition) is 1. The zero-order valence-corrected chi connectivity index (χ0v) is 13.6. The van der Waals surface area contributed by atoms with Crippen LogP contribution in [0.3, 0.4) is 0 Å². The lowest BCUT2D eigenvalue weighted by molar-refractivity contribution is 0.585. The number of nitrogen functional groups attached to an aromatic ring is 1. The Bertz CT molecular complexity index is 754. The van der Waals surface area contributed by atoms with Gasteiger partial charge in [0.15, 0.2) is 9.84 Å². The molecule has 1 aromatic carbocycles. The van der Waals surface area contributed by atoms with Crippen LogP contribution in [0.25, 0.3) is 0 Å². The molecule has 114 valence electrons. The summed E-state index contributed by atoms with van der Waals surface area (Å²) >= 11 is 6.26. The smallest absolute Gasteiger partial charge is 0.186 e. The van der Waals surface area contributed by atoms with Crippen molar-refractivity contribution in [3.05, 3.63) is 40.7 Å². The van der Waals surface area contributed by atoms with Crippen molar-refractivity contribution in [1.29, 1.82) is 0 Å². The fraction of sp³-hybridized carbons (Fsp3) is 0.357. The highest BCUT2D eigenvalue weighted by Crippen LogP contribution is 2.27. The third-order valence-corrected chi connectivity index (χ3v) is 5.41. The summed E-state index contributed by atoms with van der Waals surface area (Å²) in [5, 5.41) is 4.76. The predicted octanol–water partition coefficient (Wildman–Crippen LogP) is 2.67. The maximum atomic E-state index is 12.6. The maximum absolute atomic E-state index is 12.6. The van der Waals surface area contributed by atoms with Crippen LogP contribution < -0.4 is 5.73 Å². The number of nitrogens with two attached hydrogens (primary N) is 1. The van der Waals surface area contributed by atoms with Crippen molar-refractivity contribution >= 4 is 27.1 Å². The molecule has 2 N–H and O–H groups in total. The molecule has 0 aliphatic rings. The van der Waals surface area contributed by atoms with Crippen molar-refractivity contribution in [2.75, 3.05) is 5.73 Å². The molecular weight excluding hydrogens is 310 g/mol. The van der Waals surface area contributed by atoms with E-state index in [4.69, 9.17) is 17.3 Å². The van der Waals surface area contributed by atoms with Crippen molar-refractivity contribution in [3.63, 3.8) is 0 Å². The van der Waals surface area contributed by atoms with E-state index in [1.807, 2.05) is 13.8 Å². The first-order chi connectivity index (χ1) is 9.90. The fourth-order valence-electron chi connectivity index (χ4n) is 2.18. The standard InChI is InChI=1S/C14H18ClN3O2S/c1-3-11-14(15)12(18(4-2)17-11)9-21(19,20)13-8-6-5-7-10(13)16/h5-8H,3-4,9,16H2,1-2H3. The maximum Gasteiger partial charge on any atom is 0.186 e. The van der Waals surface area contributed by atoms with Gasteiger partial charge >= 0.3 is 0 Å². The fourth-order valence-corrected chi connectivity index (χ4v) is 4.11. The van der Waals surface area contributed by atoms with Crippen LogP contribution in [0.1, 0.15) is 25.2 Å². The molecule has 0 amide bonds. The van der Waals surface area contributed by atoms with Crippen LogP contribution in [0.2, 0.25) is 5.02 Å². The van der Waals surface area contributed by atoms with Gasteiger partial charge in [-0.25, -0.2) is 8.42 Å². The molecule has 0 fully saturated rings. The summed E-state index contributed by atoms with van der Waals surface area (Å²) in [7, 11) is -3.56. The second-order valence-electron chi connectivity index (χ2n) is 4.67. The lowest BCUT2D eigenvalue weighted by Gasteiger charge is -2.09. The quantitative estimate of drug-likeness (QED) is 0.856. The topological polar surface area (TPSA) is 78.0 Å². The highest BCUT2D eigenvalue weighted by atomic mass is 35.5. The van der Waals surface area contributed by atoms with Crippen LogP contribution in [0, 0.1) is 0 Å². The molecule has 0 radical (unpaired) electrons. The molecule has 5 nitrogen and oxygen atoms in total. The number of hydrogen-bond acceptors (Lipinski definition) is 4. The Balaban J connectivity index is 2.47. The molecule has 0 spiro atoms. The van der Waals surface area contributed by atoms with Gasteiger partial charge in [0.1, 0.15) is 0 Å². The number of halogens is 1. The summed E-state index contributed by atoms with van der Waals surface area (Å²) in [5.41, 5.74) is 7.23. The summed E-state index contributed by atoms with van der Waals surface area (Å²) < 4.78 is 26.8. The number of benzene rings is 1. The van der Waals surface area contributed by atoms with E-state index in [0.717, 1.165) is 0 Å². The minimum absolute atomic E-state index is 0.128. The molecule has 0 atom stereocenters. The Labute approximate surface area is 129 Å². The van der Waals surface area contributed by atoms with E-state index >= 15 is 0 Å². The van der Waals surface area contributed by atoms with Crippen LogP contribution in [0.4, 0.5) is 5.69 Å². The average molecular weight is 328 g/mol. The molecule has 0 aliphatic carbocycles. The zero-order chi connectivity index (χ0) is 15.6. The van der Waals surface area contributed by atoms with Crippen LogP contribution in [-0.4, -0.2) is 18.2 Å². The number of aryl methyl sites for hydroxylation is 2. The van der Waals surface area contributed by atoms with Gasteiger partial charge in [-0.05, 0) is 25.5 Å². The van der Waals surface area contributed by atoms with Crippen LogP contribution in [0.15, 0.2) is 29.2 Å². The third kappa shape index (κ3) is 3.06. The van der Waals surface area contributed by atoms with Crippen LogP contribution in [-0.2, 0) is 28.6 Å². The van der Waals surface area contributed by atoms with Gasteiger partial charge in [0.2, 0.25) is 0 Å². The van der Waals surface area contributed by atoms with Crippen molar-refractivity contribution in [3.8, 4) is 0 Å². The minimum atomic E-state index is -3.56. The summed E-state index contributed by atoms with van der Waals surface area (Å²) in [6.45, 7) is 4.40. The van der Waals surface area contributed by atoms with E-state index in [2.05, 4.69) is 5.10 Å². The molecule has 7 heteroatoms. The second kappa shape index (κ2) is 6.07. The van der Waals surface area contributed by atoms with Gasteiger partial charge in [-0.15, -0.1) is 0 Å². The number of sulfone groups is 1. The molecule has 1 heterocycles. The SMILES string of the molecule is CCc1nn(CC)c(CS(=O)(=O)c2ccccc2N)c1Cl. The average Bonchev–Trinajstić information content (AvgIpc) is 2.75. The number of aromatic nitrogens is 2. The van der Waals surface area contributed by atoms with Gasteiger partial charge < -0.3 is 5.73 Å². The summed E-state index contributed by atoms with van der Waals surface area (Å²) in [4.78, 5) is 0.128. The monoisotopic (exact) mass is 327 g/mol.